The molecule has 0 spiro atoms. The van der Waals surface area contributed by atoms with Gasteiger partial charge in [0, 0.05) is 24.0 Å². The van der Waals surface area contributed by atoms with Gasteiger partial charge >= 0.3 is 6.09 Å². The fraction of sp³-hybridized carbons (Fsp3) is 0.650. The van der Waals surface area contributed by atoms with Gasteiger partial charge in [0.1, 0.15) is 5.60 Å². The van der Waals surface area contributed by atoms with Gasteiger partial charge in [-0.3, -0.25) is 4.90 Å². The molecule has 4 nitrogen and oxygen atoms in total. The minimum atomic E-state index is -0.465. The van der Waals surface area contributed by atoms with Crippen LogP contribution in [0.3, 0.4) is 0 Å². The second-order valence-electron chi connectivity index (χ2n) is 8.95. The van der Waals surface area contributed by atoms with Gasteiger partial charge in [-0.25, -0.2) is 4.79 Å². The number of rotatable bonds is 2. The molecule has 1 atom stereocenters. The normalized spacial score (nSPS) is 22.4. The average Bonchev–Trinajstić information content (AvgIpc) is 2.87. The first-order valence-corrected chi connectivity index (χ1v) is 10.3. The highest BCUT2D eigenvalue weighted by Crippen LogP contribution is 2.36. The quantitative estimate of drug-likeness (QED) is 0.810. The monoisotopic (exact) mass is 362 g/mol. The van der Waals surface area contributed by atoms with Gasteiger partial charge < -0.3 is 10.1 Å². The Kier molecular flexibility index (Phi) is 4.97. The maximum Gasteiger partial charge on any atom is 0.414 e. The lowest BCUT2D eigenvalue weighted by atomic mass is 9.87. The molecule has 1 saturated heterocycles. The summed E-state index contributed by atoms with van der Waals surface area (Å²) in [5, 5.41) is 3.69. The van der Waals surface area contributed by atoms with Crippen LogP contribution >= 0.6 is 11.8 Å². The molecule has 1 fully saturated rings. The molecule has 3 rings (SSSR count). The summed E-state index contributed by atoms with van der Waals surface area (Å²) >= 11 is 2.03. The number of thioether (sulfide) groups is 1. The number of carbonyl (C=O) groups is 1. The molecular weight excluding hydrogens is 332 g/mol. The molecule has 0 saturated carbocycles. The first-order valence-electron chi connectivity index (χ1n) is 9.11. The summed E-state index contributed by atoms with van der Waals surface area (Å²) in [6.07, 6.45) is 1.83. The molecule has 0 radical (unpaired) electrons. The minimum Gasteiger partial charge on any atom is -0.443 e. The molecule has 2 aliphatic rings. The number of fused-ring (bicyclic) bond motifs is 1. The van der Waals surface area contributed by atoms with E-state index in [0.29, 0.717) is 18.0 Å². The van der Waals surface area contributed by atoms with Crippen molar-refractivity contribution in [1.82, 2.24) is 0 Å². The predicted molar refractivity (Wildman–Crippen MR) is 107 cm³/mol. The van der Waals surface area contributed by atoms with Crippen molar-refractivity contribution in [2.45, 2.75) is 59.1 Å². The molecule has 1 unspecified atom stereocenters. The number of amides is 1. The lowest BCUT2D eigenvalue weighted by Crippen LogP contribution is -2.35. The Hall–Kier alpha value is -1.36. The Morgan fingerprint density at radius 3 is 2.80 bits per heavy atom. The molecule has 0 aliphatic carbocycles. The summed E-state index contributed by atoms with van der Waals surface area (Å²) in [5.74, 6) is 2.39. The Morgan fingerprint density at radius 2 is 2.12 bits per heavy atom. The zero-order valence-corrected chi connectivity index (χ0v) is 16.8. The van der Waals surface area contributed by atoms with Crippen molar-refractivity contribution in [3.63, 3.8) is 0 Å². The van der Waals surface area contributed by atoms with Gasteiger partial charge in [0.15, 0.2) is 0 Å². The Morgan fingerprint density at radius 1 is 1.36 bits per heavy atom. The van der Waals surface area contributed by atoms with Gasteiger partial charge in [-0.1, -0.05) is 13.8 Å². The third kappa shape index (κ3) is 4.63. The molecule has 0 aromatic heterocycles. The Bertz CT molecular complexity index is 652. The highest BCUT2D eigenvalue weighted by Gasteiger charge is 2.30. The number of anilines is 2. The van der Waals surface area contributed by atoms with Crippen LogP contribution in [-0.2, 0) is 11.2 Å². The first kappa shape index (κ1) is 18.4. The lowest BCUT2D eigenvalue weighted by Gasteiger charge is -2.35. The molecular formula is C20H30N2O2S. The van der Waals surface area contributed by atoms with Crippen LogP contribution in [-0.4, -0.2) is 35.8 Å². The van der Waals surface area contributed by atoms with Crippen LogP contribution < -0.4 is 10.2 Å². The number of nitrogens with zero attached hydrogens (tertiary/aromatic N) is 1. The summed E-state index contributed by atoms with van der Waals surface area (Å²) in [6.45, 7) is 11.1. The maximum atomic E-state index is 12.4. The number of hydrogen-bond acceptors (Lipinski definition) is 4. The van der Waals surface area contributed by atoms with E-state index < -0.39 is 5.60 Å². The fourth-order valence-electron chi connectivity index (χ4n) is 3.59. The Labute approximate surface area is 155 Å². The Balaban J connectivity index is 1.68. The number of nitrogens with one attached hydrogen (secondary N) is 1. The third-order valence-electron chi connectivity index (χ3n) is 4.57. The van der Waals surface area contributed by atoms with Crippen LogP contribution in [0, 0.1) is 5.41 Å². The maximum absolute atomic E-state index is 12.4. The smallest absolute Gasteiger partial charge is 0.414 e. The molecule has 5 heteroatoms. The number of ether oxygens (including phenoxy) is 1. The van der Waals surface area contributed by atoms with Crippen molar-refractivity contribution in [1.29, 1.82) is 0 Å². The van der Waals surface area contributed by atoms with E-state index in [1.54, 1.807) is 4.90 Å². The third-order valence-corrected chi connectivity index (χ3v) is 6.19. The van der Waals surface area contributed by atoms with Crippen LogP contribution in [0.25, 0.3) is 0 Å². The molecule has 2 heterocycles. The van der Waals surface area contributed by atoms with Crippen molar-refractivity contribution in [3.8, 4) is 0 Å². The van der Waals surface area contributed by atoms with Gasteiger partial charge in [0.25, 0.3) is 0 Å². The fourth-order valence-corrected chi connectivity index (χ4v) is 4.86. The highest BCUT2D eigenvalue weighted by molar-refractivity contribution is 7.99. The topological polar surface area (TPSA) is 41.6 Å². The van der Waals surface area contributed by atoms with Gasteiger partial charge in [-0.2, -0.15) is 11.8 Å². The minimum absolute atomic E-state index is 0.252. The van der Waals surface area contributed by atoms with Crippen molar-refractivity contribution in [3.05, 3.63) is 23.8 Å². The van der Waals surface area contributed by atoms with Crippen molar-refractivity contribution >= 4 is 29.2 Å². The predicted octanol–water partition coefficient (Wildman–Crippen LogP) is 4.93. The van der Waals surface area contributed by atoms with Crippen LogP contribution in [0.5, 0.6) is 0 Å². The molecule has 2 aliphatic heterocycles. The van der Waals surface area contributed by atoms with Crippen molar-refractivity contribution < 1.29 is 9.53 Å². The summed E-state index contributed by atoms with van der Waals surface area (Å²) in [7, 11) is 0. The van der Waals surface area contributed by atoms with E-state index in [0.717, 1.165) is 23.5 Å². The summed E-state index contributed by atoms with van der Waals surface area (Å²) < 4.78 is 5.52. The standard InChI is InChI=1S/C20H30N2O2S/c1-19(2,3)24-18(23)22-9-8-14-10-15(6-7-17(14)22)21-16-11-20(4,5)13-25-12-16/h6-7,10,16,21H,8-9,11-13H2,1-5H3. The molecule has 1 aromatic rings. The van der Waals surface area contributed by atoms with Gasteiger partial charge in [0.2, 0.25) is 0 Å². The first-order chi connectivity index (χ1) is 11.6. The van der Waals surface area contributed by atoms with Gasteiger partial charge in [-0.15, -0.1) is 0 Å². The number of hydrogen-bond donors (Lipinski definition) is 1. The summed E-state index contributed by atoms with van der Waals surface area (Å²) in [6, 6.07) is 6.85. The van der Waals surface area contributed by atoms with E-state index in [1.165, 1.54) is 17.7 Å². The average molecular weight is 363 g/mol. The lowest BCUT2D eigenvalue weighted by molar-refractivity contribution is 0.0584. The summed E-state index contributed by atoms with van der Waals surface area (Å²) in [4.78, 5) is 14.1. The number of carbonyl (C=O) groups excluding carboxylic acids is 1. The van der Waals surface area contributed by atoms with Crippen LogP contribution in [0.2, 0.25) is 0 Å². The molecule has 0 bridgehead atoms. The van der Waals surface area contributed by atoms with Gasteiger partial charge in [-0.05, 0) is 68.5 Å². The van der Waals surface area contributed by atoms with E-state index in [4.69, 9.17) is 4.74 Å². The zero-order chi connectivity index (χ0) is 18.2. The molecule has 1 N–H and O–H groups in total. The molecule has 25 heavy (non-hydrogen) atoms. The second-order valence-corrected chi connectivity index (χ2v) is 9.98. The van der Waals surface area contributed by atoms with Crippen molar-refractivity contribution in [2.24, 2.45) is 5.41 Å². The highest BCUT2D eigenvalue weighted by atomic mass is 32.2. The van der Waals surface area contributed by atoms with E-state index in [1.807, 2.05) is 32.5 Å². The van der Waals surface area contributed by atoms with Crippen LogP contribution in [0.4, 0.5) is 16.2 Å². The largest absolute Gasteiger partial charge is 0.443 e. The van der Waals surface area contributed by atoms with E-state index in [2.05, 4.69) is 37.4 Å². The van der Waals surface area contributed by atoms with Crippen LogP contribution in [0.1, 0.15) is 46.6 Å². The molecule has 1 aromatic carbocycles. The zero-order valence-electron chi connectivity index (χ0n) is 16.0. The van der Waals surface area contributed by atoms with E-state index in [9.17, 15) is 4.79 Å². The second kappa shape index (κ2) is 6.75. The van der Waals surface area contributed by atoms with E-state index in [-0.39, 0.29) is 6.09 Å². The SMILES string of the molecule is CC1(C)CSCC(Nc2ccc3c(c2)CCN3C(=O)OC(C)(C)C)C1. The summed E-state index contributed by atoms with van der Waals surface area (Å²) in [5.41, 5.74) is 3.29. The van der Waals surface area contributed by atoms with E-state index >= 15 is 0 Å². The number of benzene rings is 1. The molecule has 138 valence electrons. The van der Waals surface area contributed by atoms with Crippen molar-refractivity contribution in [2.75, 3.05) is 28.3 Å². The molecule has 1 amide bonds. The van der Waals surface area contributed by atoms with Gasteiger partial charge in [0.05, 0.1) is 5.69 Å². The van der Waals surface area contributed by atoms with Crippen LogP contribution in [0.15, 0.2) is 18.2 Å².